The summed E-state index contributed by atoms with van der Waals surface area (Å²) in [6.07, 6.45) is 0.201. The number of aliphatic carboxylic acids is 1. The molecule has 0 atom stereocenters. The fourth-order valence-corrected chi connectivity index (χ4v) is 1.43. The molecule has 0 saturated heterocycles. The minimum atomic E-state index is -1.25. The van der Waals surface area contributed by atoms with E-state index in [-0.39, 0.29) is 5.76 Å². The molecule has 1 rings (SSSR count). The molecule has 1 aromatic carbocycles. The molecule has 0 amide bonds. The van der Waals surface area contributed by atoms with E-state index in [0.717, 1.165) is 6.08 Å². The lowest BCUT2D eigenvalue weighted by Crippen LogP contribution is -2.04. The minimum absolute atomic E-state index is 0.327. The Morgan fingerprint density at radius 3 is 2.32 bits per heavy atom. The van der Waals surface area contributed by atoms with Crippen molar-refractivity contribution in [3.63, 3.8) is 0 Å². The predicted octanol–water partition coefficient (Wildman–Crippen LogP) is 1.65. The van der Waals surface area contributed by atoms with Gasteiger partial charge in [-0.25, -0.2) is 0 Å². The van der Waals surface area contributed by atoms with Gasteiger partial charge < -0.3 is 19.7 Å². The molecule has 19 heavy (non-hydrogen) atoms. The zero-order valence-corrected chi connectivity index (χ0v) is 10.5. The molecule has 1 aromatic rings. The van der Waals surface area contributed by atoms with E-state index in [9.17, 15) is 14.7 Å². The van der Waals surface area contributed by atoms with E-state index in [1.165, 1.54) is 26.4 Å². The summed E-state index contributed by atoms with van der Waals surface area (Å²) in [5.41, 5.74) is 0.330. The van der Waals surface area contributed by atoms with Crippen LogP contribution in [0.4, 0.5) is 0 Å². The van der Waals surface area contributed by atoms with Gasteiger partial charge in [0.2, 0.25) is 0 Å². The van der Waals surface area contributed by atoms with Crippen LogP contribution in [0.5, 0.6) is 11.5 Å². The van der Waals surface area contributed by atoms with Crippen molar-refractivity contribution in [3.8, 4) is 11.5 Å². The highest BCUT2D eigenvalue weighted by molar-refractivity contribution is 6.04. The standard InChI is InChI=1S/C13H14O6/c1-18-11-4-3-8(5-12(11)19-2)10(15)6-9(14)7-13(16)17/h3-6,15H,7H2,1-2H3,(H,16,17)/b10-6-. The van der Waals surface area contributed by atoms with Gasteiger partial charge in [-0.3, -0.25) is 9.59 Å². The Balaban J connectivity index is 2.99. The smallest absolute Gasteiger partial charge is 0.311 e. The number of carboxylic acid groups (broad SMARTS) is 1. The lowest BCUT2D eigenvalue weighted by molar-refractivity contribution is -0.139. The molecule has 0 unspecified atom stereocenters. The number of aliphatic hydroxyl groups excluding tert-OH is 1. The van der Waals surface area contributed by atoms with Crippen molar-refractivity contribution in [2.75, 3.05) is 14.2 Å². The molecular formula is C13H14O6. The zero-order valence-electron chi connectivity index (χ0n) is 10.5. The molecule has 0 fully saturated rings. The van der Waals surface area contributed by atoms with Gasteiger partial charge >= 0.3 is 5.97 Å². The Labute approximate surface area is 109 Å². The number of carboxylic acids is 1. The molecule has 6 nitrogen and oxygen atoms in total. The molecule has 0 aliphatic rings. The highest BCUT2D eigenvalue weighted by atomic mass is 16.5. The second-order valence-corrected chi connectivity index (χ2v) is 3.64. The van der Waals surface area contributed by atoms with Crippen LogP contribution in [0.15, 0.2) is 24.3 Å². The van der Waals surface area contributed by atoms with E-state index in [0.29, 0.717) is 17.1 Å². The van der Waals surface area contributed by atoms with Gasteiger partial charge in [-0.2, -0.15) is 0 Å². The maximum Gasteiger partial charge on any atom is 0.311 e. The summed E-state index contributed by atoms with van der Waals surface area (Å²) >= 11 is 0. The van der Waals surface area contributed by atoms with Crippen molar-refractivity contribution in [2.24, 2.45) is 0 Å². The normalized spacial score (nSPS) is 10.9. The predicted molar refractivity (Wildman–Crippen MR) is 67.4 cm³/mol. The summed E-state index contributed by atoms with van der Waals surface area (Å²) in [6.45, 7) is 0. The number of hydrogen-bond acceptors (Lipinski definition) is 5. The van der Waals surface area contributed by atoms with Crippen molar-refractivity contribution in [2.45, 2.75) is 6.42 Å². The second kappa shape index (κ2) is 6.44. The first kappa shape index (κ1) is 14.6. The third kappa shape index (κ3) is 4.02. The van der Waals surface area contributed by atoms with Crippen molar-refractivity contribution >= 4 is 17.5 Å². The summed E-state index contributed by atoms with van der Waals surface area (Å²) in [6, 6.07) is 4.58. The Morgan fingerprint density at radius 2 is 1.79 bits per heavy atom. The Morgan fingerprint density at radius 1 is 1.16 bits per heavy atom. The highest BCUT2D eigenvalue weighted by Crippen LogP contribution is 2.29. The molecule has 2 N–H and O–H groups in total. The first-order valence-electron chi connectivity index (χ1n) is 5.35. The summed E-state index contributed by atoms with van der Waals surface area (Å²) in [5.74, 6) is -1.39. The Kier molecular flexibility index (Phi) is 4.93. The van der Waals surface area contributed by atoms with Gasteiger partial charge in [0.15, 0.2) is 17.3 Å². The van der Waals surface area contributed by atoms with E-state index < -0.39 is 18.2 Å². The van der Waals surface area contributed by atoms with E-state index in [1.807, 2.05) is 0 Å². The number of carbonyl (C=O) groups excluding carboxylic acids is 1. The lowest BCUT2D eigenvalue weighted by atomic mass is 10.1. The molecule has 0 aliphatic carbocycles. The largest absolute Gasteiger partial charge is 0.507 e. The minimum Gasteiger partial charge on any atom is -0.507 e. The molecular weight excluding hydrogens is 252 g/mol. The van der Waals surface area contributed by atoms with Crippen molar-refractivity contribution in [3.05, 3.63) is 29.8 Å². The third-order valence-electron chi connectivity index (χ3n) is 2.30. The van der Waals surface area contributed by atoms with Gasteiger partial charge in [-0.15, -0.1) is 0 Å². The Hall–Kier alpha value is -2.50. The number of hydrogen-bond donors (Lipinski definition) is 2. The van der Waals surface area contributed by atoms with E-state index in [2.05, 4.69) is 0 Å². The van der Waals surface area contributed by atoms with Crippen molar-refractivity contribution in [1.29, 1.82) is 0 Å². The number of ether oxygens (including phenoxy) is 2. The van der Waals surface area contributed by atoms with E-state index in [1.54, 1.807) is 6.07 Å². The number of rotatable bonds is 6. The SMILES string of the molecule is COc1ccc(/C(O)=C/C(=O)CC(=O)O)cc1OC. The summed E-state index contributed by atoms with van der Waals surface area (Å²) in [5, 5.41) is 18.2. The van der Waals surface area contributed by atoms with Crippen LogP contribution in [0.25, 0.3) is 5.76 Å². The van der Waals surface area contributed by atoms with Crippen LogP contribution in [-0.4, -0.2) is 36.2 Å². The second-order valence-electron chi connectivity index (χ2n) is 3.64. The van der Waals surface area contributed by atoms with Gasteiger partial charge in [-0.05, 0) is 18.2 Å². The average molecular weight is 266 g/mol. The molecule has 0 saturated carbocycles. The van der Waals surface area contributed by atoms with Gasteiger partial charge in [0, 0.05) is 11.6 Å². The summed E-state index contributed by atoms with van der Waals surface area (Å²) in [7, 11) is 2.92. The van der Waals surface area contributed by atoms with E-state index in [4.69, 9.17) is 14.6 Å². The maximum absolute atomic E-state index is 11.2. The number of ketones is 1. The molecule has 102 valence electrons. The van der Waals surface area contributed by atoms with Gasteiger partial charge in [0.05, 0.1) is 14.2 Å². The highest BCUT2D eigenvalue weighted by Gasteiger charge is 2.10. The monoisotopic (exact) mass is 266 g/mol. The van der Waals surface area contributed by atoms with Crippen LogP contribution in [0.2, 0.25) is 0 Å². The van der Waals surface area contributed by atoms with Gasteiger partial charge in [0.1, 0.15) is 12.2 Å². The van der Waals surface area contributed by atoms with Crippen molar-refractivity contribution < 1.29 is 29.3 Å². The quantitative estimate of drug-likeness (QED) is 0.462. The Bertz CT molecular complexity index is 518. The molecule has 0 heterocycles. The number of methoxy groups -OCH3 is 2. The lowest BCUT2D eigenvalue weighted by Gasteiger charge is -2.09. The maximum atomic E-state index is 11.2. The van der Waals surface area contributed by atoms with Crippen LogP contribution < -0.4 is 9.47 Å². The molecule has 0 spiro atoms. The van der Waals surface area contributed by atoms with Crippen LogP contribution in [0.3, 0.4) is 0 Å². The zero-order chi connectivity index (χ0) is 14.4. The van der Waals surface area contributed by atoms with Gasteiger partial charge in [-0.1, -0.05) is 0 Å². The first-order valence-corrected chi connectivity index (χ1v) is 5.35. The van der Waals surface area contributed by atoms with Crippen LogP contribution >= 0.6 is 0 Å². The molecule has 6 heteroatoms. The van der Waals surface area contributed by atoms with Crippen LogP contribution in [0, 0.1) is 0 Å². The number of allylic oxidation sites excluding steroid dienone is 1. The summed E-state index contributed by atoms with van der Waals surface area (Å²) < 4.78 is 10.1. The molecule has 0 bridgehead atoms. The third-order valence-corrected chi connectivity index (χ3v) is 2.30. The molecule has 0 radical (unpaired) electrons. The topological polar surface area (TPSA) is 93.1 Å². The fourth-order valence-electron chi connectivity index (χ4n) is 1.43. The van der Waals surface area contributed by atoms with Crippen LogP contribution in [0.1, 0.15) is 12.0 Å². The molecule has 0 aromatic heterocycles. The first-order chi connectivity index (χ1) is 8.97. The average Bonchev–Trinajstić information content (AvgIpc) is 2.36. The number of aliphatic hydroxyl groups is 1. The van der Waals surface area contributed by atoms with Crippen LogP contribution in [-0.2, 0) is 9.59 Å². The van der Waals surface area contributed by atoms with Crippen molar-refractivity contribution in [1.82, 2.24) is 0 Å². The van der Waals surface area contributed by atoms with E-state index >= 15 is 0 Å². The number of carbonyl (C=O) groups is 2. The summed E-state index contributed by atoms with van der Waals surface area (Å²) in [4.78, 5) is 21.6. The number of benzene rings is 1. The van der Waals surface area contributed by atoms with Gasteiger partial charge in [0.25, 0.3) is 0 Å². The fraction of sp³-hybridized carbons (Fsp3) is 0.231. The molecule has 0 aliphatic heterocycles.